The van der Waals surface area contributed by atoms with Gasteiger partial charge >= 0.3 is 5.97 Å². The van der Waals surface area contributed by atoms with Crippen LogP contribution in [0, 0.1) is 0 Å². The Balaban J connectivity index is 1.58. The van der Waals surface area contributed by atoms with Crippen LogP contribution >= 0.6 is 10.0 Å². The Morgan fingerprint density at radius 3 is 2.50 bits per heavy atom. The van der Waals surface area contributed by atoms with Crippen molar-refractivity contribution in [2.24, 2.45) is 0 Å². The number of rotatable bonds is 10. The SMILES string of the molecule is COc1cc(C(=O)OC[C@H]2O[C@@H](OCCS(C)(C)C)C[C@@H](O)[C@@H]2O)ccc1Oc1ccccc1. The maximum absolute atomic E-state index is 12.6. The molecule has 0 aliphatic carbocycles. The molecular formula is C25H34O8S. The zero-order valence-corrected chi connectivity index (χ0v) is 20.8. The van der Waals surface area contributed by atoms with Crippen molar-refractivity contribution in [2.45, 2.75) is 31.0 Å². The summed E-state index contributed by atoms with van der Waals surface area (Å²) in [5, 5.41) is 20.5. The van der Waals surface area contributed by atoms with Crippen LogP contribution in [0.3, 0.4) is 0 Å². The van der Waals surface area contributed by atoms with Crippen molar-refractivity contribution in [1.29, 1.82) is 0 Å². The van der Waals surface area contributed by atoms with Gasteiger partial charge in [0, 0.05) is 12.2 Å². The number of para-hydroxylation sites is 1. The van der Waals surface area contributed by atoms with E-state index in [9.17, 15) is 15.0 Å². The van der Waals surface area contributed by atoms with E-state index in [0.717, 1.165) is 5.75 Å². The molecule has 0 spiro atoms. The third kappa shape index (κ3) is 7.61. The number of carbonyl (C=O) groups excluding carboxylic acids is 1. The summed E-state index contributed by atoms with van der Waals surface area (Å²) in [6, 6.07) is 13.9. The second kappa shape index (κ2) is 11.9. The number of methoxy groups -OCH3 is 1. The molecule has 2 aromatic rings. The first-order chi connectivity index (χ1) is 16.2. The van der Waals surface area contributed by atoms with Gasteiger partial charge in [-0.05, 0) is 49.1 Å². The van der Waals surface area contributed by atoms with Crippen LogP contribution in [-0.2, 0) is 14.2 Å². The first-order valence-corrected chi connectivity index (χ1v) is 14.1. The van der Waals surface area contributed by atoms with Gasteiger partial charge in [0.1, 0.15) is 24.6 Å². The molecule has 0 aromatic heterocycles. The van der Waals surface area contributed by atoms with Gasteiger partial charge in [0.25, 0.3) is 0 Å². The van der Waals surface area contributed by atoms with Gasteiger partial charge in [-0.15, -0.1) is 0 Å². The monoisotopic (exact) mass is 494 g/mol. The molecule has 9 heteroatoms. The Bertz CT molecular complexity index is 930. The summed E-state index contributed by atoms with van der Waals surface area (Å²) in [5.41, 5.74) is 0.254. The van der Waals surface area contributed by atoms with E-state index in [1.807, 2.05) is 30.3 Å². The summed E-state index contributed by atoms with van der Waals surface area (Å²) in [4.78, 5) is 12.6. The Kier molecular flexibility index (Phi) is 9.21. The predicted octanol–water partition coefficient (Wildman–Crippen LogP) is 3.19. The molecule has 4 atom stereocenters. The van der Waals surface area contributed by atoms with E-state index in [4.69, 9.17) is 23.7 Å². The first kappa shape index (κ1) is 26.3. The fraction of sp³-hybridized carbons (Fsp3) is 0.480. The fourth-order valence-corrected chi connectivity index (χ4v) is 3.92. The molecule has 1 heterocycles. The van der Waals surface area contributed by atoms with Gasteiger partial charge < -0.3 is 33.9 Å². The second-order valence-corrected chi connectivity index (χ2v) is 13.5. The predicted molar refractivity (Wildman–Crippen MR) is 131 cm³/mol. The number of esters is 1. The number of hydrogen-bond acceptors (Lipinski definition) is 8. The van der Waals surface area contributed by atoms with Crippen LogP contribution < -0.4 is 9.47 Å². The van der Waals surface area contributed by atoms with Crippen molar-refractivity contribution in [3.8, 4) is 17.2 Å². The smallest absolute Gasteiger partial charge is 0.338 e. The average molecular weight is 495 g/mol. The molecule has 0 radical (unpaired) electrons. The van der Waals surface area contributed by atoms with Gasteiger partial charge in [0.2, 0.25) is 0 Å². The van der Waals surface area contributed by atoms with E-state index >= 15 is 0 Å². The lowest BCUT2D eigenvalue weighted by molar-refractivity contribution is -0.255. The van der Waals surface area contributed by atoms with Crippen LogP contribution in [0.4, 0.5) is 0 Å². The molecule has 0 bridgehead atoms. The van der Waals surface area contributed by atoms with E-state index in [-0.39, 0.29) is 18.6 Å². The Morgan fingerprint density at radius 1 is 1.09 bits per heavy atom. The fourth-order valence-electron chi connectivity index (χ4n) is 3.33. The molecule has 1 aliphatic heterocycles. The third-order valence-corrected chi connectivity index (χ3v) is 6.68. The molecule has 0 amide bonds. The highest BCUT2D eigenvalue weighted by atomic mass is 32.3. The lowest BCUT2D eigenvalue weighted by atomic mass is 10.0. The number of aliphatic hydroxyl groups excluding tert-OH is 2. The zero-order valence-electron chi connectivity index (χ0n) is 20.0. The molecule has 34 heavy (non-hydrogen) atoms. The molecule has 0 saturated carbocycles. The maximum Gasteiger partial charge on any atom is 0.338 e. The van der Waals surface area contributed by atoms with E-state index in [1.54, 1.807) is 12.1 Å². The van der Waals surface area contributed by atoms with Gasteiger partial charge in [0.05, 0.1) is 25.4 Å². The van der Waals surface area contributed by atoms with Gasteiger partial charge in [-0.3, -0.25) is 0 Å². The molecule has 1 fully saturated rings. The third-order valence-electron chi connectivity index (χ3n) is 5.28. The molecule has 1 aliphatic rings. The number of ether oxygens (including phenoxy) is 5. The molecule has 2 N–H and O–H groups in total. The van der Waals surface area contributed by atoms with Gasteiger partial charge in [-0.2, -0.15) is 0 Å². The molecule has 2 aromatic carbocycles. The summed E-state index contributed by atoms with van der Waals surface area (Å²) in [7, 11) is 0.761. The van der Waals surface area contributed by atoms with Gasteiger partial charge in [0.15, 0.2) is 17.8 Å². The molecule has 188 valence electrons. The topological polar surface area (TPSA) is 104 Å². The number of aliphatic hydroxyl groups is 2. The highest BCUT2D eigenvalue weighted by Crippen LogP contribution is 2.34. The number of benzene rings is 2. The minimum absolute atomic E-state index is 0.158. The van der Waals surface area contributed by atoms with Crippen LogP contribution in [0.25, 0.3) is 0 Å². The van der Waals surface area contributed by atoms with E-state index in [0.29, 0.717) is 23.9 Å². The van der Waals surface area contributed by atoms with Crippen molar-refractivity contribution >= 4 is 16.0 Å². The number of hydrogen-bond donors (Lipinski definition) is 2. The zero-order chi connectivity index (χ0) is 24.7. The summed E-state index contributed by atoms with van der Waals surface area (Å²) in [5.74, 6) is 1.75. The van der Waals surface area contributed by atoms with Crippen LogP contribution in [0.1, 0.15) is 16.8 Å². The minimum Gasteiger partial charge on any atom is -0.493 e. The highest BCUT2D eigenvalue weighted by molar-refractivity contribution is 8.32. The second-order valence-electron chi connectivity index (χ2n) is 8.94. The van der Waals surface area contributed by atoms with Crippen molar-refractivity contribution in [3.05, 3.63) is 54.1 Å². The molecule has 8 nitrogen and oxygen atoms in total. The van der Waals surface area contributed by atoms with Crippen molar-refractivity contribution < 1.29 is 38.7 Å². The largest absolute Gasteiger partial charge is 0.493 e. The van der Waals surface area contributed by atoms with Crippen molar-refractivity contribution in [1.82, 2.24) is 0 Å². The van der Waals surface area contributed by atoms with Crippen LogP contribution in [0.2, 0.25) is 0 Å². The Labute approximate surface area is 202 Å². The summed E-state index contributed by atoms with van der Waals surface area (Å²) in [6.07, 6.45) is 2.94. The van der Waals surface area contributed by atoms with Gasteiger partial charge in [-0.1, -0.05) is 18.2 Å². The maximum atomic E-state index is 12.6. The summed E-state index contributed by atoms with van der Waals surface area (Å²) in [6.45, 7) is 0.266. The quantitative estimate of drug-likeness (QED) is 0.486. The summed E-state index contributed by atoms with van der Waals surface area (Å²) >= 11 is 0. The Hall–Kier alpha value is -2.30. The average Bonchev–Trinajstić information content (AvgIpc) is 2.80. The Morgan fingerprint density at radius 2 is 1.82 bits per heavy atom. The molecule has 3 rings (SSSR count). The summed E-state index contributed by atoms with van der Waals surface area (Å²) < 4.78 is 28.0. The minimum atomic E-state index is -1.18. The molecule has 0 unspecified atom stereocenters. The van der Waals surface area contributed by atoms with Gasteiger partial charge in [-0.25, -0.2) is 14.8 Å². The van der Waals surface area contributed by atoms with Crippen LogP contribution in [0.5, 0.6) is 17.2 Å². The standard InChI is InChI=1S/C25H34O8S/c1-29-21-14-17(10-11-20(21)32-18-8-6-5-7-9-18)25(28)31-16-22-24(27)19(26)15-23(33-22)30-12-13-34(2,3)4/h5-11,14,19,22-24,26-27H,12-13,15-16H2,1-4H3/t19-,22-,23-,24+/m1/s1. The highest BCUT2D eigenvalue weighted by Gasteiger charge is 2.38. The lowest BCUT2D eigenvalue weighted by Gasteiger charge is -2.37. The van der Waals surface area contributed by atoms with Crippen molar-refractivity contribution in [2.75, 3.05) is 44.8 Å². The molecule has 1 saturated heterocycles. The molecular weight excluding hydrogens is 460 g/mol. The van der Waals surface area contributed by atoms with Crippen molar-refractivity contribution in [3.63, 3.8) is 0 Å². The first-order valence-electron chi connectivity index (χ1n) is 11.0. The van der Waals surface area contributed by atoms with Crippen LogP contribution in [-0.4, -0.2) is 85.6 Å². The van der Waals surface area contributed by atoms with E-state index in [2.05, 4.69) is 18.8 Å². The normalized spacial score (nSPS) is 23.2. The number of carbonyl (C=O) groups is 1. The van der Waals surface area contributed by atoms with E-state index in [1.165, 1.54) is 13.2 Å². The van der Waals surface area contributed by atoms with E-state index < -0.39 is 40.6 Å². The lowest BCUT2D eigenvalue weighted by Crippen LogP contribution is -2.51. The van der Waals surface area contributed by atoms with Crippen LogP contribution in [0.15, 0.2) is 48.5 Å².